The summed E-state index contributed by atoms with van der Waals surface area (Å²) in [5, 5.41) is 9.21. The largest absolute Gasteiger partial charge is 0.342 e. The molecule has 0 aliphatic heterocycles. The Hall–Kier alpha value is -1.04. The third-order valence-corrected chi connectivity index (χ3v) is 3.52. The van der Waals surface area contributed by atoms with Crippen LogP contribution < -0.4 is 0 Å². The van der Waals surface area contributed by atoms with Crippen LogP contribution in [0.15, 0.2) is 0 Å². The Morgan fingerprint density at radius 3 is 2.19 bits per heavy atom. The van der Waals surface area contributed by atoms with E-state index in [4.69, 9.17) is 0 Å². The molecule has 0 saturated carbocycles. The van der Waals surface area contributed by atoms with Crippen molar-refractivity contribution in [2.24, 2.45) is 5.41 Å². The molecule has 0 N–H and O–H groups in total. The molecule has 0 spiro atoms. The summed E-state index contributed by atoms with van der Waals surface area (Å²) >= 11 is 0. The Balaban J connectivity index is 4.83. The molecule has 0 aromatic carbocycles. The Morgan fingerprint density at radius 1 is 1.38 bits per heavy atom. The van der Waals surface area contributed by atoms with Crippen LogP contribution in [0, 0.1) is 16.7 Å². The van der Waals surface area contributed by atoms with Gasteiger partial charge in [-0.15, -0.1) is 0 Å². The molecular weight excluding hydrogens is 200 g/mol. The van der Waals surface area contributed by atoms with Crippen molar-refractivity contribution in [3.63, 3.8) is 0 Å². The molecule has 1 atom stereocenters. The smallest absolute Gasteiger partial charge is 0.243 e. The first-order valence-corrected chi connectivity index (χ1v) is 6.17. The number of amides is 1. The molecule has 16 heavy (non-hydrogen) atoms. The van der Waals surface area contributed by atoms with E-state index in [2.05, 4.69) is 13.0 Å². The van der Waals surface area contributed by atoms with Crippen LogP contribution in [0.5, 0.6) is 0 Å². The minimum Gasteiger partial charge on any atom is -0.342 e. The fourth-order valence-corrected chi connectivity index (χ4v) is 1.91. The van der Waals surface area contributed by atoms with Gasteiger partial charge in [0.1, 0.15) is 5.41 Å². The third-order valence-electron chi connectivity index (χ3n) is 3.52. The zero-order valence-corrected chi connectivity index (χ0v) is 11.2. The van der Waals surface area contributed by atoms with Crippen LogP contribution in [0.3, 0.4) is 0 Å². The second kappa shape index (κ2) is 6.52. The van der Waals surface area contributed by atoms with E-state index in [1.54, 1.807) is 11.9 Å². The van der Waals surface area contributed by atoms with Crippen molar-refractivity contribution in [2.75, 3.05) is 7.05 Å². The lowest BCUT2D eigenvalue weighted by atomic mass is 9.82. The van der Waals surface area contributed by atoms with E-state index in [1.807, 2.05) is 20.8 Å². The van der Waals surface area contributed by atoms with Gasteiger partial charge < -0.3 is 4.90 Å². The highest BCUT2D eigenvalue weighted by Gasteiger charge is 2.38. The third kappa shape index (κ3) is 2.98. The molecule has 0 fully saturated rings. The quantitative estimate of drug-likeness (QED) is 0.696. The number of nitrogens with zero attached hydrogens (tertiary/aromatic N) is 2. The normalized spacial score (nSPS) is 13.0. The topological polar surface area (TPSA) is 44.1 Å². The van der Waals surface area contributed by atoms with Crippen LogP contribution in [0.2, 0.25) is 0 Å². The van der Waals surface area contributed by atoms with Gasteiger partial charge in [0.15, 0.2) is 0 Å². The molecule has 0 aliphatic carbocycles. The average molecular weight is 224 g/mol. The lowest BCUT2D eigenvalue weighted by Gasteiger charge is -2.32. The summed E-state index contributed by atoms with van der Waals surface area (Å²) in [6.45, 7) is 7.95. The number of carbonyl (C=O) groups excluding carboxylic acids is 1. The number of nitriles is 1. The lowest BCUT2D eigenvalue weighted by Crippen LogP contribution is -2.44. The first-order valence-electron chi connectivity index (χ1n) is 6.17. The van der Waals surface area contributed by atoms with Crippen molar-refractivity contribution < 1.29 is 4.79 Å². The van der Waals surface area contributed by atoms with Crippen molar-refractivity contribution >= 4 is 5.91 Å². The Morgan fingerprint density at radius 2 is 1.88 bits per heavy atom. The summed E-state index contributed by atoms with van der Waals surface area (Å²) in [5.41, 5.74) is -0.823. The second-order valence-corrected chi connectivity index (χ2v) is 4.45. The number of hydrogen-bond acceptors (Lipinski definition) is 2. The standard InChI is InChI=1S/C13H24N2O/c1-6-9-11(4)15(5)12(16)13(7-2,8-3)10-14/h11H,6-9H2,1-5H3. The summed E-state index contributed by atoms with van der Waals surface area (Å²) in [6, 6.07) is 2.41. The summed E-state index contributed by atoms with van der Waals surface area (Å²) in [4.78, 5) is 14.0. The van der Waals surface area contributed by atoms with Crippen molar-refractivity contribution in [3.05, 3.63) is 0 Å². The van der Waals surface area contributed by atoms with E-state index in [9.17, 15) is 10.1 Å². The molecule has 0 aliphatic rings. The van der Waals surface area contributed by atoms with Gasteiger partial charge in [-0.25, -0.2) is 0 Å². The summed E-state index contributed by atoms with van der Waals surface area (Å²) in [5.74, 6) is -0.0269. The lowest BCUT2D eigenvalue weighted by molar-refractivity contribution is -0.140. The average Bonchev–Trinajstić information content (AvgIpc) is 2.31. The molecule has 1 unspecified atom stereocenters. The van der Waals surface area contributed by atoms with Crippen LogP contribution in [-0.4, -0.2) is 23.9 Å². The minimum atomic E-state index is -0.823. The summed E-state index contributed by atoms with van der Waals surface area (Å²) in [7, 11) is 1.81. The zero-order chi connectivity index (χ0) is 12.8. The van der Waals surface area contributed by atoms with Gasteiger partial charge in [0, 0.05) is 13.1 Å². The maximum atomic E-state index is 12.3. The molecule has 3 nitrogen and oxygen atoms in total. The molecule has 0 bridgehead atoms. The predicted octanol–water partition coefficient (Wildman–Crippen LogP) is 2.96. The highest BCUT2D eigenvalue weighted by atomic mass is 16.2. The highest BCUT2D eigenvalue weighted by Crippen LogP contribution is 2.28. The minimum absolute atomic E-state index is 0.0269. The Kier molecular flexibility index (Phi) is 6.10. The van der Waals surface area contributed by atoms with Crippen LogP contribution in [0.1, 0.15) is 53.4 Å². The van der Waals surface area contributed by atoms with E-state index < -0.39 is 5.41 Å². The van der Waals surface area contributed by atoms with Gasteiger partial charge in [-0.2, -0.15) is 5.26 Å². The van der Waals surface area contributed by atoms with Crippen molar-refractivity contribution in [3.8, 4) is 6.07 Å². The fourth-order valence-electron chi connectivity index (χ4n) is 1.91. The molecule has 92 valence electrons. The van der Waals surface area contributed by atoms with E-state index in [0.717, 1.165) is 12.8 Å². The van der Waals surface area contributed by atoms with Gasteiger partial charge in [-0.05, 0) is 26.2 Å². The maximum absolute atomic E-state index is 12.3. The monoisotopic (exact) mass is 224 g/mol. The predicted molar refractivity (Wildman–Crippen MR) is 65.8 cm³/mol. The SMILES string of the molecule is CCCC(C)N(C)C(=O)C(C#N)(CC)CC. The van der Waals surface area contributed by atoms with Gasteiger partial charge in [-0.1, -0.05) is 27.2 Å². The summed E-state index contributed by atoms with van der Waals surface area (Å²) in [6.07, 6.45) is 3.21. The number of carbonyl (C=O) groups is 1. The van der Waals surface area contributed by atoms with Gasteiger partial charge in [0.25, 0.3) is 0 Å². The molecule has 0 saturated heterocycles. The van der Waals surface area contributed by atoms with Crippen molar-refractivity contribution in [1.82, 2.24) is 4.90 Å². The van der Waals surface area contributed by atoms with E-state index in [0.29, 0.717) is 12.8 Å². The molecule has 3 heteroatoms. The zero-order valence-electron chi connectivity index (χ0n) is 11.2. The number of hydrogen-bond donors (Lipinski definition) is 0. The van der Waals surface area contributed by atoms with Gasteiger partial charge in [-0.3, -0.25) is 4.79 Å². The van der Waals surface area contributed by atoms with Gasteiger partial charge in [0.05, 0.1) is 6.07 Å². The van der Waals surface area contributed by atoms with E-state index >= 15 is 0 Å². The van der Waals surface area contributed by atoms with E-state index in [-0.39, 0.29) is 11.9 Å². The van der Waals surface area contributed by atoms with Crippen molar-refractivity contribution in [1.29, 1.82) is 5.26 Å². The van der Waals surface area contributed by atoms with E-state index in [1.165, 1.54) is 0 Å². The van der Waals surface area contributed by atoms with Crippen LogP contribution in [0.25, 0.3) is 0 Å². The number of rotatable bonds is 6. The first-order chi connectivity index (χ1) is 7.48. The van der Waals surface area contributed by atoms with Gasteiger partial charge in [0.2, 0.25) is 5.91 Å². The highest BCUT2D eigenvalue weighted by molar-refractivity contribution is 5.85. The maximum Gasteiger partial charge on any atom is 0.243 e. The van der Waals surface area contributed by atoms with Crippen LogP contribution in [0.4, 0.5) is 0 Å². The van der Waals surface area contributed by atoms with Crippen molar-refractivity contribution in [2.45, 2.75) is 59.4 Å². The van der Waals surface area contributed by atoms with Crippen LogP contribution >= 0.6 is 0 Å². The molecule has 0 rings (SSSR count). The molecule has 0 aromatic rings. The molecule has 0 aromatic heterocycles. The first kappa shape index (κ1) is 15.0. The van der Waals surface area contributed by atoms with Crippen LogP contribution in [-0.2, 0) is 4.79 Å². The van der Waals surface area contributed by atoms with Gasteiger partial charge >= 0.3 is 0 Å². The Labute approximate surface area is 99.4 Å². The molecule has 1 amide bonds. The molecular formula is C13H24N2O. The summed E-state index contributed by atoms with van der Waals surface area (Å²) < 4.78 is 0. The Bertz CT molecular complexity index is 264. The molecule has 0 heterocycles. The second-order valence-electron chi connectivity index (χ2n) is 4.45. The fraction of sp³-hybridized carbons (Fsp3) is 0.846. The molecule has 0 radical (unpaired) electrons.